The predicted molar refractivity (Wildman–Crippen MR) is 72.9 cm³/mol. The van der Waals surface area contributed by atoms with E-state index in [4.69, 9.17) is 5.73 Å². The Morgan fingerprint density at radius 3 is 2.63 bits per heavy atom. The van der Waals surface area contributed by atoms with Crippen LogP contribution in [0.3, 0.4) is 0 Å². The van der Waals surface area contributed by atoms with Crippen LogP contribution in [0, 0.1) is 6.92 Å². The van der Waals surface area contributed by atoms with Gasteiger partial charge in [-0.15, -0.1) is 0 Å². The maximum absolute atomic E-state index is 12.3. The largest absolute Gasteiger partial charge is 0.395 e. The summed E-state index contributed by atoms with van der Waals surface area (Å²) in [5.41, 5.74) is 8.83. The van der Waals surface area contributed by atoms with E-state index in [0.29, 0.717) is 22.8 Å². The molecule has 0 unspecified atom stereocenters. The molecule has 19 heavy (non-hydrogen) atoms. The predicted octanol–water partition coefficient (Wildman–Crippen LogP) is 0.859. The van der Waals surface area contributed by atoms with Crippen molar-refractivity contribution < 1.29 is 4.79 Å². The number of amides is 1. The normalized spacial score (nSPS) is 10.7. The summed E-state index contributed by atoms with van der Waals surface area (Å²) in [7, 11) is 3.51. The summed E-state index contributed by atoms with van der Waals surface area (Å²) in [6, 6.07) is 0. The number of aromatic nitrogens is 4. The standard InChI is InChI=1S/C12H18N6O/c1-5-8-9(6-17(3)16-8)14-12(19)11-10(13)7(2)15-18(11)4/h6H,5,13H2,1-4H3,(H,14,19). The number of nitrogens with two attached hydrogens (primary N) is 1. The first kappa shape index (κ1) is 13.1. The van der Waals surface area contributed by atoms with Crippen molar-refractivity contribution in [2.45, 2.75) is 20.3 Å². The van der Waals surface area contributed by atoms with Gasteiger partial charge < -0.3 is 11.1 Å². The van der Waals surface area contributed by atoms with Gasteiger partial charge in [-0.3, -0.25) is 14.2 Å². The van der Waals surface area contributed by atoms with Crippen molar-refractivity contribution in [2.75, 3.05) is 11.1 Å². The van der Waals surface area contributed by atoms with Crippen molar-refractivity contribution in [3.05, 3.63) is 23.3 Å². The lowest BCUT2D eigenvalue weighted by Crippen LogP contribution is -2.18. The van der Waals surface area contributed by atoms with E-state index in [9.17, 15) is 4.79 Å². The molecule has 0 fully saturated rings. The number of carbonyl (C=O) groups is 1. The minimum atomic E-state index is -0.275. The first-order chi connectivity index (χ1) is 8.93. The van der Waals surface area contributed by atoms with Crippen LogP contribution >= 0.6 is 0 Å². The van der Waals surface area contributed by atoms with Gasteiger partial charge in [0.05, 0.1) is 22.8 Å². The molecule has 0 aliphatic rings. The second-order valence-corrected chi connectivity index (χ2v) is 4.44. The van der Waals surface area contributed by atoms with Gasteiger partial charge >= 0.3 is 0 Å². The maximum Gasteiger partial charge on any atom is 0.276 e. The van der Waals surface area contributed by atoms with Gasteiger partial charge in [0.1, 0.15) is 5.69 Å². The van der Waals surface area contributed by atoms with E-state index >= 15 is 0 Å². The summed E-state index contributed by atoms with van der Waals surface area (Å²) in [6.45, 7) is 3.76. The number of carbonyl (C=O) groups excluding carboxylic acids is 1. The Kier molecular flexibility index (Phi) is 3.28. The van der Waals surface area contributed by atoms with Crippen LogP contribution in [0.2, 0.25) is 0 Å². The number of nitrogen functional groups attached to an aromatic ring is 1. The average molecular weight is 262 g/mol. The second kappa shape index (κ2) is 4.75. The minimum Gasteiger partial charge on any atom is -0.395 e. The Balaban J connectivity index is 2.30. The van der Waals surface area contributed by atoms with Crippen molar-refractivity contribution in [3.63, 3.8) is 0 Å². The molecule has 2 rings (SSSR count). The molecule has 0 atom stereocenters. The summed E-state index contributed by atoms with van der Waals surface area (Å²) in [4.78, 5) is 12.3. The second-order valence-electron chi connectivity index (χ2n) is 4.44. The molecule has 0 aliphatic heterocycles. The van der Waals surface area contributed by atoms with E-state index < -0.39 is 0 Å². The highest BCUT2D eigenvalue weighted by molar-refractivity contribution is 6.06. The third-order valence-electron chi connectivity index (χ3n) is 2.97. The van der Waals surface area contributed by atoms with Crippen molar-refractivity contribution in [1.82, 2.24) is 19.6 Å². The molecule has 0 bridgehead atoms. The number of anilines is 2. The van der Waals surface area contributed by atoms with Crippen LogP contribution in [-0.4, -0.2) is 25.5 Å². The van der Waals surface area contributed by atoms with Gasteiger partial charge in [0, 0.05) is 20.3 Å². The van der Waals surface area contributed by atoms with Gasteiger partial charge in [0.25, 0.3) is 5.91 Å². The summed E-state index contributed by atoms with van der Waals surface area (Å²) in [5.74, 6) is -0.275. The smallest absolute Gasteiger partial charge is 0.276 e. The van der Waals surface area contributed by atoms with Crippen molar-refractivity contribution in [2.24, 2.45) is 14.1 Å². The number of nitrogens with one attached hydrogen (secondary N) is 1. The van der Waals surface area contributed by atoms with E-state index in [1.54, 1.807) is 24.9 Å². The van der Waals surface area contributed by atoms with Gasteiger partial charge in [0.15, 0.2) is 0 Å². The van der Waals surface area contributed by atoms with E-state index in [1.165, 1.54) is 4.68 Å². The quantitative estimate of drug-likeness (QED) is 0.858. The highest BCUT2D eigenvalue weighted by atomic mass is 16.2. The molecular formula is C12H18N6O. The lowest BCUT2D eigenvalue weighted by Gasteiger charge is -2.05. The van der Waals surface area contributed by atoms with Crippen LogP contribution in [0.25, 0.3) is 0 Å². The topological polar surface area (TPSA) is 90.8 Å². The van der Waals surface area contributed by atoms with Crippen LogP contribution in [0.5, 0.6) is 0 Å². The van der Waals surface area contributed by atoms with Crippen LogP contribution < -0.4 is 11.1 Å². The van der Waals surface area contributed by atoms with Crippen LogP contribution in [0.4, 0.5) is 11.4 Å². The number of hydrogen-bond donors (Lipinski definition) is 2. The first-order valence-electron chi connectivity index (χ1n) is 6.07. The van der Waals surface area contributed by atoms with Crippen molar-refractivity contribution in [3.8, 4) is 0 Å². The third-order valence-corrected chi connectivity index (χ3v) is 2.97. The number of rotatable bonds is 3. The molecule has 2 aromatic heterocycles. The van der Waals surface area contributed by atoms with E-state index in [0.717, 1.165) is 12.1 Å². The molecule has 102 valence electrons. The van der Waals surface area contributed by atoms with E-state index in [1.807, 2.05) is 14.0 Å². The fourth-order valence-corrected chi connectivity index (χ4v) is 2.03. The molecule has 7 nitrogen and oxygen atoms in total. The molecule has 0 saturated heterocycles. The molecule has 7 heteroatoms. The molecule has 1 amide bonds. The highest BCUT2D eigenvalue weighted by Crippen LogP contribution is 2.19. The lowest BCUT2D eigenvalue weighted by atomic mass is 10.2. The molecule has 0 saturated carbocycles. The van der Waals surface area contributed by atoms with Gasteiger partial charge in [-0.2, -0.15) is 10.2 Å². The molecule has 0 radical (unpaired) electrons. The molecule has 0 spiro atoms. The molecule has 0 aliphatic carbocycles. The van der Waals surface area contributed by atoms with E-state index in [2.05, 4.69) is 15.5 Å². The first-order valence-corrected chi connectivity index (χ1v) is 6.07. The Morgan fingerprint density at radius 1 is 1.42 bits per heavy atom. The lowest BCUT2D eigenvalue weighted by molar-refractivity contribution is 0.101. The Bertz CT molecular complexity index is 624. The van der Waals surface area contributed by atoms with E-state index in [-0.39, 0.29) is 5.91 Å². The third kappa shape index (κ3) is 2.31. The number of nitrogens with zero attached hydrogens (tertiary/aromatic N) is 4. The Labute approximate surface area is 111 Å². The van der Waals surface area contributed by atoms with Crippen molar-refractivity contribution >= 4 is 17.3 Å². The van der Waals surface area contributed by atoms with Crippen LogP contribution in [0.1, 0.15) is 28.8 Å². The summed E-state index contributed by atoms with van der Waals surface area (Å²) >= 11 is 0. The molecular weight excluding hydrogens is 244 g/mol. The Hall–Kier alpha value is -2.31. The SMILES string of the molecule is CCc1nn(C)cc1NC(=O)c1c(N)c(C)nn1C. The van der Waals surface area contributed by atoms with Gasteiger partial charge in [-0.05, 0) is 13.3 Å². The zero-order valence-corrected chi connectivity index (χ0v) is 11.6. The summed E-state index contributed by atoms with van der Waals surface area (Å²) < 4.78 is 3.16. The zero-order valence-electron chi connectivity index (χ0n) is 11.6. The zero-order chi connectivity index (χ0) is 14.2. The summed E-state index contributed by atoms with van der Waals surface area (Å²) in [6.07, 6.45) is 2.52. The van der Waals surface area contributed by atoms with Crippen LogP contribution in [-0.2, 0) is 20.5 Å². The summed E-state index contributed by atoms with van der Waals surface area (Å²) in [5, 5.41) is 11.2. The molecule has 2 aromatic rings. The fourth-order valence-electron chi connectivity index (χ4n) is 2.03. The van der Waals surface area contributed by atoms with Crippen molar-refractivity contribution in [1.29, 1.82) is 0 Å². The van der Waals surface area contributed by atoms with Gasteiger partial charge in [-0.25, -0.2) is 0 Å². The monoisotopic (exact) mass is 262 g/mol. The number of aryl methyl sites for hydroxylation is 4. The fraction of sp³-hybridized carbons (Fsp3) is 0.417. The number of hydrogen-bond acceptors (Lipinski definition) is 4. The van der Waals surface area contributed by atoms with Crippen LogP contribution in [0.15, 0.2) is 6.20 Å². The van der Waals surface area contributed by atoms with Gasteiger partial charge in [-0.1, -0.05) is 6.92 Å². The Morgan fingerprint density at radius 2 is 2.11 bits per heavy atom. The highest BCUT2D eigenvalue weighted by Gasteiger charge is 2.19. The maximum atomic E-state index is 12.3. The molecule has 0 aromatic carbocycles. The average Bonchev–Trinajstić information content (AvgIpc) is 2.80. The molecule has 2 heterocycles. The van der Waals surface area contributed by atoms with Gasteiger partial charge in [0.2, 0.25) is 0 Å². The minimum absolute atomic E-state index is 0.275. The molecule has 3 N–H and O–H groups in total.